The molecule has 1 aromatic rings. The van der Waals surface area contributed by atoms with Crippen molar-refractivity contribution in [3.8, 4) is 0 Å². The second-order valence-corrected chi connectivity index (χ2v) is 5.00. The standard InChI is InChI=1S/C13H23N3/c1-12-10-14-11-16(12)9-5-7-13-6-3-4-8-15(13)2/h10-11,13H,3-9H2,1-2H3. The lowest BCUT2D eigenvalue weighted by atomic mass is 9.99. The molecule has 1 aliphatic heterocycles. The van der Waals surface area contributed by atoms with Gasteiger partial charge in [-0.15, -0.1) is 0 Å². The normalized spacial score (nSPS) is 22.5. The Balaban J connectivity index is 1.73. The first-order valence-corrected chi connectivity index (χ1v) is 6.44. The Labute approximate surface area is 98.5 Å². The summed E-state index contributed by atoms with van der Waals surface area (Å²) in [6.07, 6.45) is 10.7. The number of likely N-dealkylation sites (tertiary alicyclic amines) is 1. The van der Waals surface area contributed by atoms with Crippen molar-refractivity contribution < 1.29 is 0 Å². The summed E-state index contributed by atoms with van der Waals surface area (Å²) >= 11 is 0. The zero-order chi connectivity index (χ0) is 11.4. The molecule has 0 radical (unpaired) electrons. The minimum atomic E-state index is 0.817. The van der Waals surface area contributed by atoms with E-state index in [1.807, 2.05) is 12.5 Å². The number of hydrogen-bond donors (Lipinski definition) is 0. The number of imidazole rings is 1. The van der Waals surface area contributed by atoms with Crippen LogP contribution in [-0.2, 0) is 6.54 Å². The van der Waals surface area contributed by atoms with Crippen molar-refractivity contribution in [2.75, 3.05) is 13.6 Å². The Morgan fingerprint density at radius 2 is 2.31 bits per heavy atom. The average molecular weight is 221 g/mol. The Kier molecular flexibility index (Phi) is 3.99. The van der Waals surface area contributed by atoms with Crippen LogP contribution in [0.15, 0.2) is 12.5 Å². The van der Waals surface area contributed by atoms with Crippen LogP contribution in [0, 0.1) is 6.92 Å². The molecule has 2 rings (SSSR count). The topological polar surface area (TPSA) is 21.1 Å². The average Bonchev–Trinajstić information content (AvgIpc) is 2.67. The van der Waals surface area contributed by atoms with Gasteiger partial charge in [0.2, 0.25) is 0 Å². The predicted molar refractivity (Wildman–Crippen MR) is 66.5 cm³/mol. The van der Waals surface area contributed by atoms with E-state index in [2.05, 4.69) is 28.4 Å². The number of aromatic nitrogens is 2. The third kappa shape index (κ3) is 2.85. The van der Waals surface area contributed by atoms with E-state index in [1.54, 1.807) is 0 Å². The fourth-order valence-electron chi connectivity index (χ4n) is 2.63. The van der Waals surface area contributed by atoms with Crippen molar-refractivity contribution in [1.82, 2.24) is 14.5 Å². The summed E-state index contributed by atoms with van der Waals surface area (Å²) in [5.41, 5.74) is 1.27. The maximum absolute atomic E-state index is 4.15. The Bertz CT molecular complexity index is 319. The van der Waals surface area contributed by atoms with Crippen LogP contribution >= 0.6 is 0 Å². The predicted octanol–water partition coefficient (Wildman–Crippen LogP) is 2.46. The van der Waals surface area contributed by atoms with Gasteiger partial charge in [0.1, 0.15) is 0 Å². The molecule has 90 valence electrons. The molecule has 0 bridgehead atoms. The lowest BCUT2D eigenvalue weighted by molar-refractivity contribution is 0.172. The molecule has 0 saturated carbocycles. The molecule has 1 fully saturated rings. The van der Waals surface area contributed by atoms with Crippen LogP contribution in [0.3, 0.4) is 0 Å². The molecule has 1 saturated heterocycles. The molecule has 0 spiro atoms. The van der Waals surface area contributed by atoms with Crippen LogP contribution in [0.4, 0.5) is 0 Å². The van der Waals surface area contributed by atoms with E-state index in [-0.39, 0.29) is 0 Å². The molecule has 0 amide bonds. The highest BCUT2D eigenvalue weighted by Gasteiger charge is 2.17. The van der Waals surface area contributed by atoms with Gasteiger partial charge >= 0.3 is 0 Å². The molecule has 3 heteroatoms. The quantitative estimate of drug-likeness (QED) is 0.778. The van der Waals surface area contributed by atoms with Crippen LogP contribution in [0.1, 0.15) is 37.8 Å². The van der Waals surface area contributed by atoms with Gasteiger partial charge in [0.15, 0.2) is 0 Å². The summed E-state index contributed by atoms with van der Waals surface area (Å²) in [6.45, 7) is 4.53. The van der Waals surface area contributed by atoms with E-state index in [1.165, 1.54) is 44.3 Å². The van der Waals surface area contributed by atoms with E-state index in [4.69, 9.17) is 0 Å². The van der Waals surface area contributed by atoms with Crippen molar-refractivity contribution in [3.63, 3.8) is 0 Å². The molecule has 0 N–H and O–H groups in total. The van der Waals surface area contributed by atoms with Crippen molar-refractivity contribution in [2.24, 2.45) is 0 Å². The largest absolute Gasteiger partial charge is 0.335 e. The van der Waals surface area contributed by atoms with Crippen molar-refractivity contribution in [3.05, 3.63) is 18.2 Å². The van der Waals surface area contributed by atoms with E-state index >= 15 is 0 Å². The van der Waals surface area contributed by atoms with Gasteiger partial charge in [-0.25, -0.2) is 4.98 Å². The lowest BCUT2D eigenvalue weighted by Crippen LogP contribution is -2.36. The smallest absolute Gasteiger partial charge is 0.0948 e. The summed E-state index contributed by atoms with van der Waals surface area (Å²) in [5, 5.41) is 0. The minimum absolute atomic E-state index is 0.817. The van der Waals surface area contributed by atoms with Crippen molar-refractivity contribution in [1.29, 1.82) is 0 Å². The van der Waals surface area contributed by atoms with Gasteiger partial charge in [0.05, 0.1) is 6.33 Å². The Morgan fingerprint density at radius 1 is 1.44 bits per heavy atom. The fraction of sp³-hybridized carbons (Fsp3) is 0.769. The number of piperidine rings is 1. The van der Waals surface area contributed by atoms with Gasteiger partial charge in [-0.3, -0.25) is 0 Å². The van der Waals surface area contributed by atoms with Gasteiger partial charge in [-0.1, -0.05) is 6.42 Å². The summed E-state index contributed by atoms with van der Waals surface area (Å²) < 4.78 is 2.25. The van der Waals surface area contributed by atoms with E-state index in [9.17, 15) is 0 Å². The van der Waals surface area contributed by atoms with Crippen LogP contribution in [-0.4, -0.2) is 34.1 Å². The highest BCUT2D eigenvalue weighted by atomic mass is 15.1. The molecule has 3 nitrogen and oxygen atoms in total. The first-order valence-electron chi connectivity index (χ1n) is 6.44. The summed E-state index contributed by atoms with van der Waals surface area (Å²) in [5.74, 6) is 0. The maximum Gasteiger partial charge on any atom is 0.0948 e. The van der Waals surface area contributed by atoms with E-state index in [0.717, 1.165) is 12.6 Å². The van der Waals surface area contributed by atoms with Gasteiger partial charge in [0.25, 0.3) is 0 Å². The zero-order valence-electron chi connectivity index (χ0n) is 10.5. The fourth-order valence-corrected chi connectivity index (χ4v) is 2.63. The summed E-state index contributed by atoms with van der Waals surface area (Å²) in [4.78, 5) is 6.69. The van der Waals surface area contributed by atoms with Crippen LogP contribution in [0.5, 0.6) is 0 Å². The van der Waals surface area contributed by atoms with Gasteiger partial charge < -0.3 is 9.47 Å². The second-order valence-electron chi connectivity index (χ2n) is 5.00. The minimum Gasteiger partial charge on any atom is -0.335 e. The van der Waals surface area contributed by atoms with E-state index in [0.29, 0.717) is 0 Å². The third-order valence-electron chi connectivity index (χ3n) is 3.78. The first kappa shape index (κ1) is 11.6. The summed E-state index contributed by atoms with van der Waals surface area (Å²) in [6, 6.07) is 0.817. The number of hydrogen-bond acceptors (Lipinski definition) is 2. The molecule has 2 heterocycles. The van der Waals surface area contributed by atoms with Crippen molar-refractivity contribution in [2.45, 2.75) is 51.6 Å². The molecule has 1 aliphatic rings. The molecular weight excluding hydrogens is 198 g/mol. The van der Waals surface area contributed by atoms with Crippen LogP contribution < -0.4 is 0 Å². The number of rotatable bonds is 4. The van der Waals surface area contributed by atoms with E-state index < -0.39 is 0 Å². The number of nitrogens with zero attached hydrogens (tertiary/aromatic N) is 3. The number of aryl methyl sites for hydroxylation is 2. The van der Waals surface area contributed by atoms with Crippen LogP contribution in [0.25, 0.3) is 0 Å². The highest BCUT2D eigenvalue weighted by molar-refractivity contribution is 4.93. The van der Waals surface area contributed by atoms with Gasteiger partial charge in [-0.05, 0) is 46.2 Å². The molecule has 1 unspecified atom stereocenters. The SMILES string of the molecule is Cc1cncn1CCCC1CCCCN1C. The molecule has 16 heavy (non-hydrogen) atoms. The molecular formula is C13H23N3. The molecule has 1 atom stereocenters. The Hall–Kier alpha value is -0.830. The van der Waals surface area contributed by atoms with Crippen LogP contribution in [0.2, 0.25) is 0 Å². The molecule has 0 aromatic carbocycles. The first-order chi connectivity index (χ1) is 7.77. The zero-order valence-corrected chi connectivity index (χ0v) is 10.5. The van der Waals surface area contributed by atoms with Gasteiger partial charge in [-0.2, -0.15) is 0 Å². The monoisotopic (exact) mass is 221 g/mol. The second kappa shape index (κ2) is 5.48. The summed E-state index contributed by atoms with van der Waals surface area (Å²) in [7, 11) is 2.27. The Morgan fingerprint density at radius 3 is 3.00 bits per heavy atom. The highest BCUT2D eigenvalue weighted by Crippen LogP contribution is 2.19. The maximum atomic E-state index is 4.15. The molecule has 0 aliphatic carbocycles. The lowest BCUT2D eigenvalue weighted by Gasteiger charge is -2.32. The van der Waals surface area contributed by atoms with Gasteiger partial charge in [0, 0.05) is 24.5 Å². The third-order valence-corrected chi connectivity index (χ3v) is 3.78. The molecule has 1 aromatic heterocycles. The van der Waals surface area contributed by atoms with Crippen molar-refractivity contribution >= 4 is 0 Å².